The molecular formula is C19H21N3O2. The minimum absolute atomic E-state index is 0.0336. The van der Waals surface area contributed by atoms with Crippen LogP contribution in [0.5, 0.6) is 0 Å². The molecule has 24 heavy (non-hydrogen) atoms. The van der Waals surface area contributed by atoms with Crippen molar-refractivity contribution in [1.82, 2.24) is 9.88 Å². The molecule has 2 aromatic rings. The van der Waals surface area contributed by atoms with Crippen LogP contribution in [0, 0.1) is 31.6 Å². The third-order valence-corrected chi connectivity index (χ3v) is 5.97. The van der Waals surface area contributed by atoms with Gasteiger partial charge in [-0.25, -0.2) is 9.78 Å². The van der Waals surface area contributed by atoms with Crippen molar-refractivity contribution in [3.05, 3.63) is 35.7 Å². The molecule has 1 N–H and O–H groups in total. The molecule has 5 heteroatoms. The van der Waals surface area contributed by atoms with Gasteiger partial charge in [0.05, 0.1) is 5.69 Å². The zero-order valence-corrected chi connectivity index (χ0v) is 14.0. The van der Waals surface area contributed by atoms with E-state index < -0.39 is 0 Å². The van der Waals surface area contributed by atoms with Crippen molar-refractivity contribution < 1.29 is 9.21 Å². The number of aryl methyl sites for hydroxylation is 2. The summed E-state index contributed by atoms with van der Waals surface area (Å²) < 4.78 is 5.52. The number of hydrogen-bond donors (Lipinski definition) is 1. The van der Waals surface area contributed by atoms with E-state index in [0.29, 0.717) is 11.9 Å². The third-order valence-electron chi connectivity index (χ3n) is 5.97. The fourth-order valence-corrected chi connectivity index (χ4v) is 4.67. The molecule has 5 rings (SSSR count). The summed E-state index contributed by atoms with van der Waals surface area (Å²) in [6, 6.07) is 6.40. The molecule has 1 aromatic carbocycles. The molecule has 1 aliphatic heterocycles. The lowest BCUT2D eigenvalue weighted by atomic mass is 10.1. The van der Waals surface area contributed by atoms with Gasteiger partial charge in [-0.3, -0.25) is 0 Å². The molecule has 2 amide bonds. The number of oxazole rings is 1. The second-order valence-electron chi connectivity index (χ2n) is 7.53. The molecular weight excluding hydrogens is 302 g/mol. The Hall–Kier alpha value is -2.30. The van der Waals surface area contributed by atoms with E-state index >= 15 is 0 Å². The molecule has 3 aliphatic rings. The normalized spacial score (nSPS) is 29.7. The summed E-state index contributed by atoms with van der Waals surface area (Å²) in [6.07, 6.45) is 4.18. The summed E-state index contributed by atoms with van der Waals surface area (Å²) in [5.74, 6) is 3.04. The van der Waals surface area contributed by atoms with Crippen molar-refractivity contribution in [2.75, 3.05) is 11.9 Å². The van der Waals surface area contributed by atoms with Crippen LogP contribution < -0.4 is 5.32 Å². The lowest BCUT2D eigenvalue weighted by Gasteiger charge is -2.27. The summed E-state index contributed by atoms with van der Waals surface area (Å²) in [6.45, 7) is 4.85. The number of urea groups is 1. The Bertz CT molecular complexity index is 828. The van der Waals surface area contributed by atoms with Crippen LogP contribution in [0.25, 0.3) is 11.5 Å². The van der Waals surface area contributed by atoms with E-state index in [9.17, 15) is 4.79 Å². The first kappa shape index (κ1) is 14.1. The van der Waals surface area contributed by atoms with E-state index in [1.165, 1.54) is 12.8 Å². The summed E-state index contributed by atoms with van der Waals surface area (Å²) in [7, 11) is 0. The van der Waals surface area contributed by atoms with Crippen molar-refractivity contribution in [2.24, 2.45) is 17.8 Å². The van der Waals surface area contributed by atoms with Gasteiger partial charge in [0.2, 0.25) is 5.89 Å². The van der Waals surface area contributed by atoms with Crippen molar-refractivity contribution >= 4 is 11.7 Å². The standard InChI is InChI=1S/C19H21N3O2/c1-10-3-4-13(6-14(10)18-20-11(2)9-24-18)21-19(23)22-8-12-5-17(22)16-7-15(12)16/h3-4,6,9,12,15-17H,5,7-8H2,1-2H3,(H,21,23). The number of benzene rings is 1. The van der Waals surface area contributed by atoms with Crippen LogP contribution in [-0.2, 0) is 0 Å². The van der Waals surface area contributed by atoms with Gasteiger partial charge in [-0.1, -0.05) is 6.07 Å². The van der Waals surface area contributed by atoms with Gasteiger partial charge in [-0.2, -0.15) is 0 Å². The van der Waals surface area contributed by atoms with Crippen molar-refractivity contribution in [3.63, 3.8) is 0 Å². The molecule has 2 bridgehead atoms. The Kier molecular flexibility index (Phi) is 2.84. The number of anilines is 1. The van der Waals surface area contributed by atoms with Crippen molar-refractivity contribution in [3.8, 4) is 11.5 Å². The number of fused-ring (bicyclic) bond motifs is 5. The number of aromatic nitrogens is 1. The highest BCUT2D eigenvalue weighted by Crippen LogP contribution is 2.61. The first-order chi connectivity index (χ1) is 11.6. The number of piperidine rings is 1. The first-order valence-corrected chi connectivity index (χ1v) is 8.71. The van der Waals surface area contributed by atoms with E-state index in [-0.39, 0.29) is 6.03 Å². The molecule has 4 unspecified atom stereocenters. The second-order valence-corrected chi connectivity index (χ2v) is 7.53. The number of nitrogens with one attached hydrogen (secondary N) is 1. The van der Waals surface area contributed by atoms with Gasteiger partial charge in [0, 0.05) is 23.8 Å². The van der Waals surface area contributed by atoms with Gasteiger partial charge in [0.1, 0.15) is 6.26 Å². The Labute approximate surface area is 141 Å². The van der Waals surface area contributed by atoms with E-state index in [0.717, 1.165) is 46.8 Å². The van der Waals surface area contributed by atoms with Gasteiger partial charge in [0.15, 0.2) is 0 Å². The maximum atomic E-state index is 12.7. The monoisotopic (exact) mass is 323 g/mol. The second kappa shape index (κ2) is 4.85. The van der Waals surface area contributed by atoms with Gasteiger partial charge in [-0.15, -0.1) is 0 Å². The van der Waals surface area contributed by atoms with Gasteiger partial charge in [-0.05, 0) is 62.1 Å². The molecule has 5 nitrogen and oxygen atoms in total. The molecule has 0 spiro atoms. The van der Waals surface area contributed by atoms with E-state index in [4.69, 9.17) is 4.42 Å². The first-order valence-electron chi connectivity index (χ1n) is 8.71. The minimum atomic E-state index is 0.0336. The Morgan fingerprint density at radius 1 is 1.29 bits per heavy atom. The number of hydrogen-bond acceptors (Lipinski definition) is 3. The Morgan fingerprint density at radius 3 is 2.88 bits per heavy atom. The third kappa shape index (κ3) is 2.07. The molecule has 0 radical (unpaired) electrons. The fraction of sp³-hybridized carbons (Fsp3) is 0.474. The lowest BCUT2D eigenvalue weighted by molar-refractivity contribution is 0.190. The minimum Gasteiger partial charge on any atom is -0.444 e. The molecule has 2 aliphatic carbocycles. The molecule has 124 valence electrons. The summed E-state index contributed by atoms with van der Waals surface area (Å²) >= 11 is 0. The quantitative estimate of drug-likeness (QED) is 0.914. The molecule has 3 fully saturated rings. The van der Waals surface area contributed by atoms with Crippen LogP contribution in [0.3, 0.4) is 0 Å². The predicted octanol–water partition coefficient (Wildman–Crippen LogP) is 3.83. The Morgan fingerprint density at radius 2 is 2.17 bits per heavy atom. The number of amides is 2. The number of carbonyl (C=O) groups excluding carboxylic acids is 1. The predicted molar refractivity (Wildman–Crippen MR) is 90.6 cm³/mol. The van der Waals surface area contributed by atoms with Gasteiger partial charge in [0.25, 0.3) is 0 Å². The molecule has 1 aromatic heterocycles. The van der Waals surface area contributed by atoms with E-state index in [1.807, 2.05) is 36.9 Å². The van der Waals surface area contributed by atoms with E-state index in [1.54, 1.807) is 6.26 Å². The zero-order valence-electron chi connectivity index (χ0n) is 14.0. The molecule has 1 saturated heterocycles. The average molecular weight is 323 g/mol. The highest BCUT2D eigenvalue weighted by atomic mass is 16.3. The summed E-state index contributed by atoms with van der Waals surface area (Å²) in [5.41, 5.74) is 3.65. The van der Waals surface area contributed by atoms with Crippen molar-refractivity contribution in [2.45, 2.75) is 32.7 Å². The highest BCUT2D eigenvalue weighted by molar-refractivity contribution is 5.90. The van der Waals surface area contributed by atoms with Crippen LogP contribution in [0.15, 0.2) is 28.9 Å². The summed E-state index contributed by atoms with van der Waals surface area (Å²) in [4.78, 5) is 19.1. The van der Waals surface area contributed by atoms with Crippen molar-refractivity contribution in [1.29, 1.82) is 0 Å². The number of carbonyl (C=O) groups is 1. The molecule has 2 saturated carbocycles. The van der Waals surface area contributed by atoms with Crippen LogP contribution in [0.2, 0.25) is 0 Å². The summed E-state index contributed by atoms with van der Waals surface area (Å²) in [5, 5.41) is 3.07. The molecule has 2 heterocycles. The average Bonchev–Trinajstić information content (AvgIpc) is 2.92. The fourth-order valence-electron chi connectivity index (χ4n) is 4.67. The largest absolute Gasteiger partial charge is 0.444 e. The van der Waals surface area contributed by atoms with Crippen LogP contribution in [0.1, 0.15) is 24.1 Å². The van der Waals surface area contributed by atoms with Crippen LogP contribution in [0.4, 0.5) is 10.5 Å². The van der Waals surface area contributed by atoms with Gasteiger partial charge < -0.3 is 14.6 Å². The number of likely N-dealkylation sites (tertiary alicyclic amines) is 1. The number of nitrogens with zero attached hydrogens (tertiary/aromatic N) is 2. The topological polar surface area (TPSA) is 58.4 Å². The number of rotatable bonds is 2. The highest BCUT2D eigenvalue weighted by Gasteiger charge is 2.61. The van der Waals surface area contributed by atoms with E-state index in [2.05, 4.69) is 10.3 Å². The van der Waals surface area contributed by atoms with Gasteiger partial charge >= 0.3 is 6.03 Å². The smallest absolute Gasteiger partial charge is 0.322 e. The maximum absolute atomic E-state index is 12.7. The Balaban J connectivity index is 1.37. The van der Waals surface area contributed by atoms with Crippen LogP contribution in [-0.4, -0.2) is 28.5 Å². The molecule has 4 atom stereocenters. The van der Waals surface area contributed by atoms with Crippen LogP contribution >= 0.6 is 0 Å². The SMILES string of the molecule is Cc1coc(-c2cc(NC(=O)N3CC4CC3C3CC43)ccc2C)n1. The maximum Gasteiger partial charge on any atom is 0.322 e. The zero-order chi connectivity index (χ0) is 16.4. The lowest BCUT2D eigenvalue weighted by Crippen LogP contribution is -2.41.